The Hall–Kier alpha value is -1.15. The van der Waals surface area contributed by atoms with Gasteiger partial charge in [0.2, 0.25) is 11.8 Å². The second-order valence-electron chi connectivity index (χ2n) is 7.65. The van der Waals surface area contributed by atoms with Crippen molar-refractivity contribution in [1.82, 2.24) is 15.1 Å². The van der Waals surface area contributed by atoms with Crippen LogP contribution in [0.1, 0.15) is 32.1 Å². The van der Waals surface area contributed by atoms with E-state index in [0.717, 1.165) is 19.4 Å². The van der Waals surface area contributed by atoms with Crippen LogP contribution in [0.2, 0.25) is 0 Å². The van der Waals surface area contributed by atoms with Crippen LogP contribution in [0, 0.1) is 11.8 Å². The minimum absolute atomic E-state index is 0.0108. The van der Waals surface area contributed by atoms with Gasteiger partial charge in [-0.2, -0.15) is 0 Å². The molecule has 1 heterocycles. The zero-order valence-electron chi connectivity index (χ0n) is 15.5. The Balaban J connectivity index is 1.77. The Morgan fingerprint density at radius 2 is 1.60 bits per heavy atom. The third-order valence-electron chi connectivity index (χ3n) is 5.41. The molecule has 0 aromatic carbocycles. The van der Waals surface area contributed by atoms with Crippen molar-refractivity contribution in [2.24, 2.45) is 11.8 Å². The third kappa shape index (κ3) is 5.67. The summed E-state index contributed by atoms with van der Waals surface area (Å²) in [6.07, 6.45) is 3.39. The zero-order valence-corrected chi connectivity index (χ0v) is 16.3. The fraction of sp³-hybridized carbons (Fsp3) is 0.882. The van der Waals surface area contributed by atoms with Crippen LogP contribution in [0.4, 0.5) is 0 Å². The van der Waals surface area contributed by atoms with E-state index >= 15 is 0 Å². The maximum atomic E-state index is 12.6. The predicted octanol–water partition coefficient (Wildman–Crippen LogP) is 0.116. The van der Waals surface area contributed by atoms with Crippen LogP contribution in [0.15, 0.2) is 0 Å². The molecule has 0 spiro atoms. The highest BCUT2D eigenvalue weighted by atomic mass is 32.2. The van der Waals surface area contributed by atoms with Crippen LogP contribution < -0.4 is 5.32 Å². The number of rotatable bonds is 6. The molecule has 2 rings (SSSR count). The van der Waals surface area contributed by atoms with Gasteiger partial charge in [0, 0.05) is 38.0 Å². The number of hydrogen-bond acceptors (Lipinski definition) is 5. The fourth-order valence-corrected chi connectivity index (χ4v) is 5.47. The molecule has 0 radical (unpaired) electrons. The number of sulfone groups is 1. The maximum Gasteiger partial charge on any atom is 0.225 e. The van der Waals surface area contributed by atoms with Gasteiger partial charge in [0.05, 0.1) is 11.5 Å². The van der Waals surface area contributed by atoms with E-state index in [1.54, 1.807) is 11.9 Å². The van der Waals surface area contributed by atoms with Crippen LogP contribution in [0.3, 0.4) is 0 Å². The molecule has 1 aliphatic heterocycles. The summed E-state index contributed by atoms with van der Waals surface area (Å²) in [5, 5.41) is 2.96. The lowest BCUT2D eigenvalue weighted by Gasteiger charge is -2.32. The lowest BCUT2D eigenvalue weighted by atomic mass is 9.80. The maximum absolute atomic E-state index is 12.6. The average molecular weight is 374 g/mol. The smallest absolute Gasteiger partial charge is 0.225 e. The van der Waals surface area contributed by atoms with Crippen LogP contribution in [-0.4, -0.2) is 81.8 Å². The number of likely N-dealkylation sites (N-methyl/N-ethyl adjacent to an activating group) is 1. The van der Waals surface area contributed by atoms with E-state index in [4.69, 9.17) is 0 Å². The molecule has 0 bridgehead atoms. The molecule has 2 aliphatic rings. The summed E-state index contributed by atoms with van der Waals surface area (Å²) in [4.78, 5) is 28.5. The molecule has 2 fully saturated rings. The molecule has 2 amide bonds. The van der Waals surface area contributed by atoms with Crippen LogP contribution in [0.25, 0.3) is 0 Å². The molecule has 7 nitrogen and oxygen atoms in total. The first kappa shape index (κ1) is 20.2. The third-order valence-corrected chi connectivity index (χ3v) is 7.16. The van der Waals surface area contributed by atoms with Crippen molar-refractivity contribution in [3.8, 4) is 0 Å². The van der Waals surface area contributed by atoms with Crippen molar-refractivity contribution < 1.29 is 18.0 Å². The summed E-state index contributed by atoms with van der Waals surface area (Å²) < 4.78 is 23.2. The number of carbonyl (C=O) groups is 2. The van der Waals surface area contributed by atoms with E-state index in [2.05, 4.69) is 5.32 Å². The van der Waals surface area contributed by atoms with Crippen molar-refractivity contribution in [3.63, 3.8) is 0 Å². The van der Waals surface area contributed by atoms with Crippen LogP contribution >= 0.6 is 0 Å². The van der Waals surface area contributed by atoms with Crippen molar-refractivity contribution in [2.75, 3.05) is 45.7 Å². The van der Waals surface area contributed by atoms with E-state index in [0.29, 0.717) is 25.8 Å². The van der Waals surface area contributed by atoms with Gasteiger partial charge >= 0.3 is 0 Å². The van der Waals surface area contributed by atoms with Gasteiger partial charge in [0.1, 0.15) is 0 Å². The van der Waals surface area contributed by atoms with Crippen molar-refractivity contribution in [2.45, 2.75) is 38.1 Å². The van der Waals surface area contributed by atoms with Gasteiger partial charge in [-0.15, -0.1) is 0 Å². The van der Waals surface area contributed by atoms with Gasteiger partial charge in [-0.1, -0.05) is 0 Å². The highest BCUT2D eigenvalue weighted by Gasteiger charge is 2.37. The molecule has 1 unspecified atom stereocenters. The van der Waals surface area contributed by atoms with E-state index in [9.17, 15) is 18.0 Å². The predicted molar refractivity (Wildman–Crippen MR) is 96.8 cm³/mol. The number of amides is 2. The number of nitrogens with zero attached hydrogens (tertiary/aromatic N) is 2. The molecule has 1 saturated carbocycles. The molecule has 1 saturated heterocycles. The van der Waals surface area contributed by atoms with Gasteiger partial charge in [-0.25, -0.2) is 8.42 Å². The molecule has 8 heteroatoms. The van der Waals surface area contributed by atoms with E-state index in [1.807, 2.05) is 19.0 Å². The summed E-state index contributed by atoms with van der Waals surface area (Å²) in [6, 6.07) is -0.190. The normalized spacial score (nSPS) is 28.7. The van der Waals surface area contributed by atoms with Gasteiger partial charge in [0.25, 0.3) is 0 Å². The molecular weight excluding hydrogens is 342 g/mol. The second-order valence-corrected chi connectivity index (χ2v) is 9.88. The average Bonchev–Trinajstić information content (AvgIpc) is 2.93. The summed E-state index contributed by atoms with van der Waals surface area (Å²) in [5.74, 6) is 0.285. The Kier molecular flexibility index (Phi) is 6.85. The number of carbonyl (C=O) groups excluding carboxylic acids is 2. The van der Waals surface area contributed by atoms with Gasteiger partial charge in [-0.3, -0.25) is 9.59 Å². The lowest BCUT2D eigenvalue weighted by Crippen LogP contribution is -2.43. The first-order valence-electron chi connectivity index (χ1n) is 9.09. The highest BCUT2D eigenvalue weighted by Crippen LogP contribution is 2.31. The molecular formula is C17H31N3O4S. The molecule has 0 aromatic heterocycles. The van der Waals surface area contributed by atoms with Gasteiger partial charge < -0.3 is 15.1 Å². The van der Waals surface area contributed by atoms with E-state index < -0.39 is 9.84 Å². The van der Waals surface area contributed by atoms with E-state index in [1.165, 1.54) is 0 Å². The Labute approximate surface area is 151 Å². The van der Waals surface area contributed by atoms with E-state index in [-0.39, 0.29) is 41.2 Å². The highest BCUT2D eigenvalue weighted by molar-refractivity contribution is 7.91. The Morgan fingerprint density at radius 3 is 2.12 bits per heavy atom. The lowest BCUT2D eigenvalue weighted by molar-refractivity contribution is -0.138. The SMILES string of the molecule is CN(C)CCNC(=O)C1CCC(C(=O)N(C)C2CCS(=O)(=O)C2)CC1. The molecule has 1 N–H and O–H groups in total. The van der Waals surface area contributed by atoms with Crippen LogP contribution in [0.5, 0.6) is 0 Å². The van der Waals surface area contributed by atoms with Crippen molar-refractivity contribution >= 4 is 21.7 Å². The van der Waals surface area contributed by atoms with Gasteiger partial charge in [-0.05, 0) is 46.2 Å². The van der Waals surface area contributed by atoms with Crippen molar-refractivity contribution in [1.29, 1.82) is 0 Å². The van der Waals surface area contributed by atoms with Crippen LogP contribution in [-0.2, 0) is 19.4 Å². The molecule has 144 valence electrons. The first-order valence-corrected chi connectivity index (χ1v) is 10.9. The quantitative estimate of drug-likeness (QED) is 0.714. The first-order chi connectivity index (χ1) is 11.7. The molecule has 0 aromatic rings. The largest absolute Gasteiger partial charge is 0.355 e. The standard InChI is InChI=1S/C17H31N3O4S/c1-19(2)10-9-18-16(21)13-4-6-14(7-5-13)17(22)20(3)15-8-11-25(23,24)12-15/h13-15H,4-12H2,1-3H3,(H,18,21). The molecule has 25 heavy (non-hydrogen) atoms. The summed E-state index contributed by atoms with van der Waals surface area (Å²) >= 11 is 0. The topological polar surface area (TPSA) is 86.8 Å². The monoisotopic (exact) mass is 373 g/mol. The fourth-order valence-electron chi connectivity index (χ4n) is 3.70. The number of nitrogens with one attached hydrogen (secondary N) is 1. The summed E-state index contributed by atoms with van der Waals surface area (Å²) in [5.41, 5.74) is 0. The second kappa shape index (κ2) is 8.49. The molecule has 1 aliphatic carbocycles. The number of hydrogen-bond donors (Lipinski definition) is 1. The zero-order chi connectivity index (χ0) is 18.6. The molecule has 1 atom stereocenters. The minimum atomic E-state index is -2.99. The minimum Gasteiger partial charge on any atom is -0.355 e. The Bertz CT molecular complexity index is 583. The van der Waals surface area contributed by atoms with Crippen molar-refractivity contribution in [3.05, 3.63) is 0 Å². The summed E-state index contributed by atoms with van der Waals surface area (Å²) in [6.45, 7) is 1.46. The Morgan fingerprint density at radius 1 is 1.00 bits per heavy atom. The summed E-state index contributed by atoms with van der Waals surface area (Å²) in [7, 11) is 2.66. The van der Waals surface area contributed by atoms with Gasteiger partial charge in [0.15, 0.2) is 9.84 Å².